The summed E-state index contributed by atoms with van der Waals surface area (Å²) < 4.78 is 40.5. The molecule has 1 saturated heterocycles. The van der Waals surface area contributed by atoms with Crippen LogP contribution in [0.5, 0.6) is 5.75 Å². The molecule has 0 bridgehead atoms. The third-order valence-corrected chi connectivity index (χ3v) is 6.88. The molecule has 2 aromatic rings. The minimum atomic E-state index is -2.96. The molecule has 0 aliphatic carbocycles. The van der Waals surface area contributed by atoms with Crippen molar-refractivity contribution in [2.24, 2.45) is 0 Å². The predicted octanol–water partition coefficient (Wildman–Crippen LogP) is 3.77. The second-order valence-corrected chi connectivity index (χ2v) is 11.3. The van der Waals surface area contributed by atoms with Crippen LogP contribution < -0.4 is 10.2 Å². The summed E-state index contributed by atoms with van der Waals surface area (Å²) in [4.78, 5) is 0. The van der Waals surface area contributed by atoms with Gasteiger partial charge in [-0.05, 0) is 75.3 Å². The number of hydrogen-bond donors (Lipinski definition) is 0. The van der Waals surface area contributed by atoms with Crippen molar-refractivity contribution >= 4 is 22.4 Å². The molecule has 0 N–H and O–H groups in total. The monoisotopic (exact) mass is 430 g/mol. The Hall–Kier alpha value is -1.83. The maximum Gasteiger partial charge on any atom is 0.494 e. The Morgan fingerprint density at radius 2 is 1.67 bits per heavy atom. The van der Waals surface area contributed by atoms with Gasteiger partial charge in [-0.1, -0.05) is 30.3 Å². The molecule has 3 rings (SSSR count). The first-order valence-corrected chi connectivity index (χ1v) is 12.3. The van der Waals surface area contributed by atoms with E-state index >= 15 is 0 Å². The van der Waals surface area contributed by atoms with Gasteiger partial charge >= 0.3 is 7.12 Å². The molecule has 0 saturated carbocycles. The fraction of sp³-hybridized carbons (Fsp3) is 0.478. The SMILES string of the molecule is Cc1cc(OCCCS(C)(=O)=O)ccc1-c1cccc(B2OC(C)(C)C(C)(C)O2)c1. The van der Waals surface area contributed by atoms with Crippen molar-refractivity contribution < 1.29 is 22.5 Å². The van der Waals surface area contributed by atoms with Gasteiger partial charge in [0.15, 0.2) is 0 Å². The standard InChI is InChI=1S/C23H31BO5S/c1-17-15-20(27-13-8-14-30(6,25)26)11-12-21(17)18-9-7-10-19(16-18)24-28-22(2,3)23(4,5)29-24/h7,9-12,15-16H,8,13-14H2,1-6H3. The first-order chi connectivity index (χ1) is 13.9. The molecule has 2 aromatic carbocycles. The molecule has 1 heterocycles. The summed E-state index contributed by atoms with van der Waals surface area (Å²) in [5.41, 5.74) is 3.52. The van der Waals surface area contributed by atoms with E-state index in [2.05, 4.69) is 39.8 Å². The van der Waals surface area contributed by atoms with E-state index in [-0.39, 0.29) is 17.0 Å². The lowest BCUT2D eigenvalue weighted by atomic mass is 9.78. The van der Waals surface area contributed by atoms with E-state index in [4.69, 9.17) is 14.0 Å². The molecule has 0 unspecified atom stereocenters. The highest BCUT2D eigenvalue weighted by molar-refractivity contribution is 7.90. The summed E-state index contributed by atoms with van der Waals surface area (Å²) in [6.07, 6.45) is 1.72. The fourth-order valence-electron chi connectivity index (χ4n) is 3.39. The quantitative estimate of drug-likeness (QED) is 0.494. The molecule has 7 heteroatoms. The van der Waals surface area contributed by atoms with Gasteiger partial charge in [-0.2, -0.15) is 0 Å². The van der Waals surface area contributed by atoms with E-state index in [1.54, 1.807) is 0 Å². The fourth-order valence-corrected chi connectivity index (χ4v) is 4.04. The highest BCUT2D eigenvalue weighted by Crippen LogP contribution is 2.36. The lowest BCUT2D eigenvalue weighted by Gasteiger charge is -2.32. The summed E-state index contributed by atoms with van der Waals surface area (Å²) in [6.45, 7) is 10.6. The zero-order chi connectivity index (χ0) is 22.2. The Bertz CT molecular complexity index is 998. The average Bonchev–Trinajstić information content (AvgIpc) is 2.86. The van der Waals surface area contributed by atoms with Gasteiger partial charge in [0.25, 0.3) is 0 Å². The molecule has 0 aromatic heterocycles. The molecular weight excluding hydrogens is 399 g/mol. The Balaban J connectivity index is 1.73. The van der Waals surface area contributed by atoms with Crippen LogP contribution >= 0.6 is 0 Å². The molecule has 1 fully saturated rings. The van der Waals surface area contributed by atoms with Crippen molar-refractivity contribution in [1.29, 1.82) is 0 Å². The van der Waals surface area contributed by atoms with Crippen molar-refractivity contribution in [1.82, 2.24) is 0 Å². The normalized spacial score (nSPS) is 17.9. The maximum atomic E-state index is 11.2. The van der Waals surface area contributed by atoms with Crippen LogP contribution in [0.15, 0.2) is 42.5 Å². The van der Waals surface area contributed by atoms with Crippen molar-refractivity contribution in [2.75, 3.05) is 18.6 Å². The molecule has 0 amide bonds. The summed E-state index contributed by atoms with van der Waals surface area (Å²) in [6, 6.07) is 14.2. The highest BCUT2D eigenvalue weighted by Gasteiger charge is 2.51. The molecule has 30 heavy (non-hydrogen) atoms. The van der Waals surface area contributed by atoms with Crippen molar-refractivity contribution in [2.45, 2.75) is 52.2 Å². The van der Waals surface area contributed by atoms with Crippen molar-refractivity contribution in [3.05, 3.63) is 48.0 Å². The van der Waals surface area contributed by atoms with Crippen LogP contribution in [0, 0.1) is 6.92 Å². The number of rotatable bonds is 7. The molecule has 0 spiro atoms. The van der Waals surface area contributed by atoms with Gasteiger partial charge in [0.1, 0.15) is 15.6 Å². The van der Waals surface area contributed by atoms with Crippen molar-refractivity contribution in [3.63, 3.8) is 0 Å². The van der Waals surface area contributed by atoms with Gasteiger partial charge in [-0.3, -0.25) is 0 Å². The van der Waals surface area contributed by atoms with Crippen LogP contribution in [0.2, 0.25) is 0 Å². The van der Waals surface area contributed by atoms with Crippen LogP contribution in [0.4, 0.5) is 0 Å². The average molecular weight is 430 g/mol. The zero-order valence-electron chi connectivity index (χ0n) is 18.7. The number of sulfone groups is 1. The molecule has 162 valence electrons. The van der Waals surface area contributed by atoms with Gasteiger partial charge in [0.05, 0.1) is 23.6 Å². The number of hydrogen-bond acceptors (Lipinski definition) is 5. The summed E-state index contributed by atoms with van der Waals surface area (Å²) >= 11 is 0. The van der Waals surface area contributed by atoms with E-state index < -0.39 is 17.0 Å². The third kappa shape index (κ3) is 5.26. The molecule has 1 aliphatic heterocycles. The van der Waals surface area contributed by atoms with Crippen LogP contribution in [-0.2, 0) is 19.1 Å². The summed E-state index contributed by atoms with van der Waals surface area (Å²) in [5, 5.41) is 0. The lowest BCUT2D eigenvalue weighted by molar-refractivity contribution is 0.00578. The number of ether oxygens (including phenoxy) is 1. The predicted molar refractivity (Wildman–Crippen MR) is 122 cm³/mol. The van der Waals surface area contributed by atoms with Gasteiger partial charge in [0, 0.05) is 6.26 Å². The summed E-state index contributed by atoms with van der Waals surface area (Å²) in [5.74, 6) is 0.877. The van der Waals surface area contributed by atoms with Gasteiger partial charge < -0.3 is 14.0 Å². The molecule has 5 nitrogen and oxygen atoms in total. The first kappa shape index (κ1) is 22.9. The van der Waals surface area contributed by atoms with Gasteiger partial charge in [0.2, 0.25) is 0 Å². The Kier molecular flexibility index (Phi) is 6.37. The molecule has 1 aliphatic rings. The minimum absolute atomic E-state index is 0.135. The zero-order valence-corrected chi connectivity index (χ0v) is 19.5. The Morgan fingerprint density at radius 3 is 2.27 bits per heavy atom. The second kappa shape index (κ2) is 8.37. The molecule has 0 radical (unpaired) electrons. The van der Waals surface area contributed by atoms with E-state index in [0.29, 0.717) is 13.0 Å². The minimum Gasteiger partial charge on any atom is -0.494 e. The van der Waals surface area contributed by atoms with Gasteiger partial charge in [-0.25, -0.2) is 8.42 Å². The van der Waals surface area contributed by atoms with Crippen LogP contribution in [0.1, 0.15) is 39.7 Å². The Morgan fingerprint density at radius 1 is 1.00 bits per heavy atom. The lowest BCUT2D eigenvalue weighted by Crippen LogP contribution is -2.41. The third-order valence-electron chi connectivity index (χ3n) is 5.85. The van der Waals surface area contributed by atoms with Crippen molar-refractivity contribution in [3.8, 4) is 16.9 Å². The van der Waals surface area contributed by atoms with Crippen LogP contribution in [0.25, 0.3) is 11.1 Å². The van der Waals surface area contributed by atoms with Crippen LogP contribution in [-0.4, -0.2) is 45.4 Å². The smallest absolute Gasteiger partial charge is 0.494 e. The largest absolute Gasteiger partial charge is 0.494 e. The van der Waals surface area contributed by atoms with E-state index in [9.17, 15) is 8.42 Å². The summed E-state index contributed by atoms with van der Waals surface area (Å²) in [7, 11) is -3.35. The van der Waals surface area contributed by atoms with E-state index in [1.807, 2.05) is 37.3 Å². The maximum absolute atomic E-state index is 11.2. The highest BCUT2D eigenvalue weighted by atomic mass is 32.2. The topological polar surface area (TPSA) is 61.8 Å². The van der Waals surface area contributed by atoms with E-state index in [0.717, 1.165) is 27.9 Å². The Labute approximate surface area is 180 Å². The number of benzene rings is 2. The van der Waals surface area contributed by atoms with Crippen LogP contribution in [0.3, 0.4) is 0 Å². The van der Waals surface area contributed by atoms with E-state index in [1.165, 1.54) is 6.26 Å². The molecular formula is C23H31BO5S. The first-order valence-electron chi connectivity index (χ1n) is 10.3. The molecule has 0 atom stereocenters. The second-order valence-electron chi connectivity index (χ2n) is 9.02. The number of aryl methyl sites for hydroxylation is 1. The van der Waals surface area contributed by atoms with Gasteiger partial charge in [-0.15, -0.1) is 0 Å².